The quantitative estimate of drug-likeness (QED) is 0.655. The molecule has 1 saturated carbocycles. The van der Waals surface area contributed by atoms with Gasteiger partial charge in [-0.2, -0.15) is 4.98 Å². The lowest BCUT2D eigenvalue weighted by Gasteiger charge is -2.41. The van der Waals surface area contributed by atoms with E-state index in [1.165, 1.54) is 0 Å². The number of ketones is 1. The number of anilines is 1. The number of aromatic nitrogens is 3. The Bertz CT molecular complexity index is 1140. The fourth-order valence-corrected chi connectivity index (χ4v) is 4.81. The first-order valence-corrected chi connectivity index (χ1v) is 10.7. The zero-order valence-electron chi connectivity index (χ0n) is 18.4. The molecule has 0 radical (unpaired) electrons. The fraction of sp³-hybridized carbons (Fsp3) is 0.375. The minimum atomic E-state index is -0.275. The molecule has 1 aliphatic carbocycles. The van der Waals surface area contributed by atoms with E-state index < -0.39 is 0 Å². The first-order chi connectivity index (χ1) is 15.6. The number of nitrogens with zero attached hydrogens (tertiary/aromatic N) is 3. The van der Waals surface area contributed by atoms with Crippen LogP contribution in [0.4, 0.5) is 5.95 Å². The number of carbonyl (C=O) groups is 1. The van der Waals surface area contributed by atoms with E-state index in [0.29, 0.717) is 29.7 Å². The number of Topliss-reactive ketones (excluding diaryl/α,β-unsaturated/α-hetero) is 1. The van der Waals surface area contributed by atoms with Crippen molar-refractivity contribution in [3.8, 4) is 28.6 Å². The largest absolute Gasteiger partial charge is 0.497 e. The van der Waals surface area contributed by atoms with E-state index >= 15 is 0 Å². The highest BCUT2D eigenvalue weighted by molar-refractivity contribution is 5.84. The molecule has 0 spiro atoms. The van der Waals surface area contributed by atoms with Crippen molar-refractivity contribution in [1.82, 2.24) is 14.8 Å². The van der Waals surface area contributed by atoms with Crippen LogP contribution in [0.15, 0.2) is 42.5 Å². The number of nitrogens with one attached hydrogen (secondary N) is 1. The van der Waals surface area contributed by atoms with Gasteiger partial charge in [-0.1, -0.05) is 6.07 Å². The maximum Gasteiger partial charge on any atom is 0.222 e. The third-order valence-corrected chi connectivity index (χ3v) is 6.39. The second-order valence-corrected chi connectivity index (χ2v) is 8.13. The van der Waals surface area contributed by atoms with Gasteiger partial charge in [0, 0.05) is 18.0 Å². The van der Waals surface area contributed by atoms with Gasteiger partial charge in [-0.3, -0.25) is 4.79 Å². The molecule has 32 heavy (non-hydrogen) atoms. The maximum atomic E-state index is 13.1. The van der Waals surface area contributed by atoms with Crippen LogP contribution in [0.1, 0.15) is 30.9 Å². The first kappa shape index (κ1) is 20.4. The van der Waals surface area contributed by atoms with Gasteiger partial charge >= 0.3 is 0 Å². The summed E-state index contributed by atoms with van der Waals surface area (Å²) in [5.41, 5.74) is 1.83. The van der Waals surface area contributed by atoms with E-state index in [2.05, 4.69) is 5.32 Å². The molecule has 2 aromatic carbocycles. The van der Waals surface area contributed by atoms with E-state index in [1.54, 1.807) is 21.3 Å². The summed E-state index contributed by atoms with van der Waals surface area (Å²) in [6.07, 6.45) is 2.39. The molecule has 1 N–H and O–H groups in total. The van der Waals surface area contributed by atoms with Crippen LogP contribution in [0.25, 0.3) is 11.4 Å². The standard InChI is InChI=1S/C24H26N4O4/c1-30-16-10-7-14(8-11-16)23-26-24-25-17-5-4-6-18(29)21(17)22(28(24)27-23)15-9-12-19(31-2)20(13-15)32-3/h7-13,17,21-22H,4-6H2,1-3H3,(H,25,26,27)/t17-,21+,22+/m1/s1. The van der Waals surface area contributed by atoms with E-state index in [-0.39, 0.29) is 23.8 Å². The predicted octanol–water partition coefficient (Wildman–Crippen LogP) is 3.72. The average molecular weight is 434 g/mol. The molecule has 0 amide bonds. The van der Waals surface area contributed by atoms with Gasteiger partial charge in [0.05, 0.1) is 33.3 Å². The van der Waals surface area contributed by atoms with Crippen LogP contribution in [0, 0.1) is 5.92 Å². The number of hydrogen-bond acceptors (Lipinski definition) is 7. The monoisotopic (exact) mass is 434 g/mol. The molecule has 0 bridgehead atoms. The highest BCUT2D eigenvalue weighted by Crippen LogP contribution is 2.43. The molecule has 1 fully saturated rings. The highest BCUT2D eigenvalue weighted by atomic mass is 16.5. The molecule has 2 aliphatic rings. The molecule has 2 heterocycles. The molecule has 1 aliphatic heterocycles. The van der Waals surface area contributed by atoms with Gasteiger partial charge in [-0.15, -0.1) is 5.10 Å². The number of ether oxygens (including phenoxy) is 3. The SMILES string of the molecule is COc1ccc(-c2nc3n(n2)[C@@H](c2ccc(OC)c(OC)c2)[C@@H]2C(=O)CCC[C@H]2N3)cc1. The number of methoxy groups -OCH3 is 3. The Labute approximate surface area is 186 Å². The summed E-state index contributed by atoms with van der Waals surface area (Å²) in [6.45, 7) is 0. The van der Waals surface area contributed by atoms with Gasteiger partial charge in [-0.25, -0.2) is 4.68 Å². The number of carbonyl (C=O) groups excluding carboxylic acids is 1. The van der Waals surface area contributed by atoms with Crippen LogP contribution in [-0.2, 0) is 4.79 Å². The smallest absolute Gasteiger partial charge is 0.222 e. The van der Waals surface area contributed by atoms with Crippen molar-refractivity contribution in [2.24, 2.45) is 5.92 Å². The number of benzene rings is 2. The first-order valence-electron chi connectivity index (χ1n) is 10.7. The van der Waals surface area contributed by atoms with Crippen LogP contribution in [0.2, 0.25) is 0 Å². The van der Waals surface area contributed by atoms with Crippen LogP contribution in [0.5, 0.6) is 17.2 Å². The number of hydrogen-bond donors (Lipinski definition) is 1. The lowest BCUT2D eigenvalue weighted by molar-refractivity contribution is -0.126. The van der Waals surface area contributed by atoms with Gasteiger partial charge < -0.3 is 19.5 Å². The van der Waals surface area contributed by atoms with E-state index in [4.69, 9.17) is 24.3 Å². The average Bonchev–Trinajstić information content (AvgIpc) is 3.26. The molecule has 3 aromatic rings. The van der Waals surface area contributed by atoms with Crippen LogP contribution >= 0.6 is 0 Å². The van der Waals surface area contributed by atoms with Crippen LogP contribution < -0.4 is 19.5 Å². The Hall–Kier alpha value is -3.55. The molecule has 0 saturated heterocycles. The van der Waals surface area contributed by atoms with E-state index in [0.717, 1.165) is 29.7 Å². The maximum absolute atomic E-state index is 13.1. The fourth-order valence-electron chi connectivity index (χ4n) is 4.81. The molecule has 166 valence electrons. The Morgan fingerprint density at radius 3 is 2.50 bits per heavy atom. The third kappa shape index (κ3) is 3.36. The van der Waals surface area contributed by atoms with E-state index in [1.807, 2.05) is 47.1 Å². The van der Waals surface area contributed by atoms with Crippen molar-refractivity contribution >= 4 is 11.7 Å². The Balaban J connectivity index is 1.62. The molecule has 8 heteroatoms. The lowest BCUT2D eigenvalue weighted by atomic mass is 9.75. The van der Waals surface area contributed by atoms with Crippen molar-refractivity contribution in [2.45, 2.75) is 31.3 Å². The van der Waals surface area contributed by atoms with Gasteiger partial charge in [-0.05, 0) is 54.8 Å². The summed E-state index contributed by atoms with van der Waals surface area (Å²) in [7, 11) is 4.86. The minimum absolute atomic E-state index is 0.0229. The number of rotatable bonds is 5. The van der Waals surface area contributed by atoms with Crippen LogP contribution in [-0.4, -0.2) is 47.9 Å². The minimum Gasteiger partial charge on any atom is -0.497 e. The molecule has 8 nitrogen and oxygen atoms in total. The summed E-state index contributed by atoms with van der Waals surface area (Å²) < 4.78 is 18.1. The third-order valence-electron chi connectivity index (χ3n) is 6.39. The van der Waals surface area contributed by atoms with Gasteiger partial charge in [0.25, 0.3) is 0 Å². The van der Waals surface area contributed by atoms with Crippen molar-refractivity contribution in [2.75, 3.05) is 26.6 Å². The second kappa shape index (κ2) is 8.18. The molecule has 5 rings (SSSR count). The normalized spacial score (nSPS) is 21.8. The predicted molar refractivity (Wildman–Crippen MR) is 119 cm³/mol. The summed E-state index contributed by atoms with van der Waals surface area (Å²) in [4.78, 5) is 17.9. The summed E-state index contributed by atoms with van der Waals surface area (Å²) >= 11 is 0. The van der Waals surface area contributed by atoms with E-state index in [9.17, 15) is 4.79 Å². The Morgan fingerprint density at radius 2 is 1.78 bits per heavy atom. The van der Waals surface area contributed by atoms with Crippen molar-refractivity contribution in [1.29, 1.82) is 0 Å². The zero-order chi connectivity index (χ0) is 22.2. The summed E-state index contributed by atoms with van der Waals surface area (Å²) in [5, 5.41) is 8.32. The second-order valence-electron chi connectivity index (χ2n) is 8.13. The number of fused-ring (bicyclic) bond motifs is 2. The molecule has 1 aromatic heterocycles. The van der Waals surface area contributed by atoms with Crippen molar-refractivity contribution in [3.05, 3.63) is 48.0 Å². The highest BCUT2D eigenvalue weighted by Gasteiger charge is 2.45. The summed E-state index contributed by atoms with van der Waals surface area (Å²) in [6, 6.07) is 13.2. The lowest BCUT2D eigenvalue weighted by Crippen LogP contribution is -2.48. The topological polar surface area (TPSA) is 87.5 Å². The molecule has 3 atom stereocenters. The van der Waals surface area contributed by atoms with Gasteiger partial charge in [0.15, 0.2) is 17.3 Å². The Kier molecular flexibility index (Phi) is 5.20. The zero-order valence-corrected chi connectivity index (χ0v) is 18.4. The van der Waals surface area contributed by atoms with Crippen LogP contribution in [0.3, 0.4) is 0 Å². The Morgan fingerprint density at radius 1 is 1.00 bits per heavy atom. The van der Waals surface area contributed by atoms with Gasteiger partial charge in [0.1, 0.15) is 11.5 Å². The van der Waals surface area contributed by atoms with Gasteiger partial charge in [0.2, 0.25) is 5.95 Å². The molecular formula is C24H26N4O4. The van der Waals surface area contributed by atoms with Crippen molar-refractivity contribution < 1.29 is 19.0 Å². The van der Waals surface area contributed by atoms with Crippen molar-refractivity contribution in [3.63, 3.8) is 0 Å². The molecular weight excluding hydrogens is 408 g/mol. The molecule has 0 unspecified atom stereocenters. The summed E-state index contributed by atoms with van der Waals surface area (Å²) in [5.74, 6) is 3.35.